The SMILES string of the molecule is COC(=O)[C@H](Cc1ccccc1)NC(=O)NCc1cccc(-c2ccc([C@H]3O[C@@H](CN4CCC5(CC4)C(=O)NCN5c4ccccc4)C[C@@H](c4ccc(CO)cc4)O3)cc2)c1. The highest BCUT2D eigenvalue weighted by molar-refractivity contribution is 5.93. The Morgan fingerprint density at radius 3 is 2.21 bits per heavy atom. The van der Waals surface area contributed by atoms with Crippen molar-refractivity contribution in [2.75, 3.05) is 38.3 Å². The Morgan fingerprint density at radius 1 is 0.820 bits per heavy atom. The Kier molecular flexibility index (Phi) is 13.1. The van der Waals surface area contributed by atoms with Gasteiger partial charge in [-0.15, -0.1) is 0 Å². The number of nitrogens with zero attached hydrogens (tertiary/aromatic N) is 2. The Labute approximate surface area is 356 Å². The van der Waals surface area contributed by atoms with Crippen LogP contribution in [0.4, 0.5) is 10.5 Å². The number of urea groups is 1. The summed E-state index contributed by atoms with van der Waals surface area (Å²) >= 11 is 0. The third-order valence-corrected chi connectivity index (χ3v) is 12.1. The molecule has 3 saturated heterocycles. The average molecular weight is 824 g/mol. The van der Waals surface area contributed by atoms with Crippen LogP contribution in [0.25, 0.3) is 11.1 Å². The van der Waals surface area contributed by atoms with E-state index in [2.05, 4.69) is 50.0 Å². The van der Waals surface area contributed by atoms with Gasteiger partial charge in [-0.1, -0.05) is 115 Å². The summed E-state index contributed by atoms with van der Waals surface area (Å²) in [7, 11) is 1.31. The van der Waals surface area contributed by atoms with Crippen LogP contribution in [-0.2, 0) is 43.4 Å². The molecule has 0 saturated carbocycles. The number of para-hydroxylation sites is 1. The maximum Gasteiger partial charge on any atom is 0.328 e. The minimum atomic E-state index is -0.822. The van der Waals surface area contributed by atoms with Gasteiger partial charge in [-0.2, -0.15) is 0 Å². The van der Waals surface area contributed by atoms with Gasteiger partial charge in [0.1, 0.15) is 11.6 Å². The number of amides is 3. The van der Waals surface area contributed by atoms with Crippen LogP contribution < -0.4 is 20.9 Å². The topological polar surface area (TPSA) is 142 Å². The van der Waals surface area contributed by atoms with E-state index in [1.807, 2.05) is 109 Å². The molecular formula is C49H53N5O7. The second-order valence-electron chi connectivity index (χ2n) is 16.0. The normalized spacial score (nSPS) is 20.5. The lowest BCUT2D eigenvalue weighted by Gasteiger charge is -2.45. The number of carbonyl (C=O) groups excluding carboxylic acids is 3. The van der Waals surface area contributed by atoms with Gasteiger partial charge in [-0.05, 0) is 64.4 Å². The van der Waals surface area contributed by atoms with E-state index in [1.54, 1.807) is 0 Å². The van der Waals surface area contributed by atoms with Crippen molar-refractivity contribution in [1.29, 1.82) is 0 Å². The number of ether oxygens (including phenoxy) is 3. The first-order valence-corrected chi connectivity index (χ1v) is 21.0. The number of hydrogen-bond acceptors (Lipinski definition) is 9. The molecule has 12 heteroatoms. The summed E-state index contributed by atoms with van der Waals surface area (Å²) in [4.78, 5) is 43.3. The summed E-state index contributed by atoms with van der Waals surface area (Å²) in [6.07, 6.45) is 1.48. The van der Waals surface area contributed by atoms with E-state index in [0.29, 0.717) is 26.1 Å². The monoisotopic (exact) mass is 823 g/mol. The quantitative estimate of drug-likeness (QED) is 0.0993. The lowest BCUT2D eigenvalue weighted by atomic mass is 9.85. The van der Waals surface area contributed by atoms with Crippen molar-refractivity contribution in [1.82, 2.24) is 20.9 Å². The van der Waals surface area contributed by atoms with Gasteiger partial charge >= 0.3 is 12.0 Å². The number of anilines is 1. The number of piperidine rings is 1. The van der Waals surface area contributed by atoms with Gasteiger partial charge in [-0.25, -0.2) is 9.59 Å². The minimum Gasteiger partial charge on any atom is -0.467 e. The molecule has 0 bridgehead atoms. The predicted molar refractivity (Wildman–Crippen MR) is 232 cm³/mol. The highest BCUT2D eigenvalue weighted by Gasteiger charge is 2.50. The zero-order valence-corrected chi connectivity index (χ0v) is 34.4. The number of carbonyl (C=O) groups is 3. The van der Waals surface area contributed by atoms with E-state index >= 15 is 0 Å². The maximum atomic E-state index is 13.3. The number of likely N-dealkylation sites (tertiary alicyclic amines) is 1. The molecule has 3 aliphatic heterocycles. The van der Waals surface area contributed by atoms with Crippen molar-refractivity contribution in [2.45, 2.75) is 68.9 Å². The van der Waals surface area contributed by atoms with Gasteiger partial charge in [0.25, 0.3) is 0 Å². The fourth-order valence-electron chi connectivity index (χ4n) is 8.73. The van der Waals surface area contributed by atoms with Crippen LogP contribution in [-0.4, -0.2) is 79.0 Å². The van der Waals surface area contributed by atoms with Crippen LogP contribution in [0, 0.1) is 0 Å². The molecule has 5 aromatic carbocycles. The molecule has 0 unspecified atom stereocenters. The van der Waals surface area contributed by atoms with Crippen LogP contribution in [0.15, 0.2) is 133 Å². The number of nitrogens with one attached hydrogen (secondary N) is 3. The Morgan fingerprint density at radius 2 is 1.51 bits per heavy atom. The molecule has 4 N–H and O–H groups in total. The fraction of sp³-hybridized carbons (Fsp3) is 0.327. The average Bonchev–Trinajstić information content (AvgIpc) is 3.63. The summed E-state index contributed by atoms with van der Waals surface area (Å²) in [5, 5.41) is 18.4. The predicted octanol–water partition coefficient (Wildman–Crippen LogP) is 6.40. The van der Waals surface area contributed by atoms with Gasteiger partial charge in [0.05, 0.1) is 32.6 Å². The number of methoxy groups -OCH3 is 1. The Bertz CT molecular complexity index is 2250. The standard InChI is InChI=1S/C49H53N5O7/c1-59-45(56)43(28-34-9-4-2-5-10-34)52-48(58)50-30-36-11-8-12-40(27-36)37-19-21-39(22-20-37)46-60-42(29-44(61-46)38-17-15-35(32-55)16-18-38)31-53-25-23-49(24-26-53)47(57)51-33-54(49)41-13-6-3-7-14-41/h2-22,27,42-44,46,55H,23-26,28-33H2,1H3,(H,51,57)(H2,50,52,58)/t42-,43+,44+,46+/m1/s1. The van der Waals surface area contributed by atoms with Crippen molar-refractivity contribution >= 4 is 23.6 Å². The maximum absolute atomic E-state index is 13.3. The number of aliphatic hydroxyl groups is 1. The number of rotatable bonds is 13. The summed E-state index contributed by atoms with van der Waals surface area (Å²) in [6, 6.07) is 42.4. The van der Waals surface area contributed by atoms with Crippen molar-refractivity contribution in [2.24, 2.45) is 0 Å². The molecule has 8 rings (SSSR count). The number of esters is 1. The lowest BCUT2D eigenvalue weighted by Crippen LogP contribution is -2.57. The molecule has 3 fully saturated rings. The second-order valence-corrected chi connectivity index (χ2v) is 16.0. The van der Waals surface area contributed by atoms with Crippen molar-refractivity contribution < 1.29 is 33.7 Å². The minimum absolute atomic E-state index is 0.0237. The third-order valence-electron chi connectivity index (χ3n) is 12.1. The fourth-order valence-corrected chi connectivity index (χ4v) is 8.73. The van der Waals surface area contributed by atoms with E-state index < -0.39 is 29.9 Å². The third kappa shape index (κ3) is 9.79. The molecule has 3 amide bonds. The molecule has 5 aromatic rings. The van der Waals surface area contributed by atoms with E-state index in [0.717, 1.165) is 70.6 Å². The smallest absolute Gasteiger partial charge is 0.328 e. The van der Waals surface area contributed by atoms with Crippen LogP contribution in [0.1, 0.15) is 59.5 Å². The van der Waals surface area contributed by atoms with Gasteiger partial charge in [0.2, 0.25) is 5.91 Å². The molecule has 3 heterocycles. The first kappa shape index (κ1) is 41.7. The Balaban J connectivity index is 0.918. The van der Waals surface area contributed by atoms with E-state index in [1.165, 1.54) is 7.11 Å². The zero-order valence-electron chi connectivity index (χ0n) is 34.4. The van der Waals surface area contributed by atoms with E-state index in [9.17, 15) is 19.5 Å². The van der Waals surface area contributed by atoms with Crippen LogP contribution in [0.3, 0.4) is 0 Å². The molecule has 12 nitrogen and oxygen atoms in total. The van der Waals surface area contributed by atoms with Gasteiger partial charge < -0.3 is 45.1 Å². The van der Waals surface area contributed by atoms with Crippen LogP contribution >= 0.6 is 0 Å². The molecule has 1 spiro atoms. The second kappa shape index (κ2) is 19.1. The largest absolute Gasteiger partial charge is 0.467 e. The van der Waals surface area contributed by atoms with Crippen molar-refractivity contribution in [3.63, 3.8) is 0 Å². The van der Waals surface area contributed by atoms with Crippen LogP contribution in [0.2, 0.25) is 0 Å². The summed E-state index contributed by atoms with van der Waals surface area (Å²) in [6.45, 7) is 3.01. The molecule has 61 heavy (non-hydrogen) atoms. The first-order chi connectivity index (χ1) is 29.8. The van der Waals surface area contributed by atoms with Gasteiger partial charge in [0, 0.05) is 50.3 Å². The molecule has 316 valence electrons. The summed E-state index contributed by atoms with van der Waals surface area (Å²) in [5.41, 5.74) is 7.06. The molecule has 0 aromatic heterocycles. The van der Waals surface area contributed by atoms with Crippen molar-refractivity contribution in [3.05, 3.63) is 161 Å². The Hall–Kier alpha value is -6.05. The number of aliphatic hydroxyl groups excluding tert-OH is 1. The molecule has 0 aliphatic carbocycles. The van der Waals surface area contributed by atoms with Gasteiger partial charge in [-0.3, -0.25) is 4.79 Å². The lowest BCUT2D eigenvalue weighted by molar-refractivity contribution is -0.253. The highest BCUT2D eigenvalue weighted by Crippen LogP contribution is 2.40. The van der Waals surface area contributed by atoms with E-state index in [-0.39, 0.29) is 31.3 Å². The first-order valence-electron chi connectivity index (χ1n) is 21.0. The molecular weight excluding hydrogens is 771 g/mol. The zero-order chi connectivity index (χ0) is 42.2. The molecule has 4 atom stereocenters. The van der Waals surface area contributed by atoms with Crippen molar-refractivity contribution in [3.8, 4) is 11.1 Å². The highest BCUT2D eigenvalue weighted by atomic mass is 16.7. The molecule has 3 aliphatic rings. The number of hydrogen-bond donors (Lipinski definition) is 4. The summed E-state index contributed by atoms with van der Waals surface area (Å²) in [5.74, 6) is -0.410. The van der Waals surface area contributed by atoms with Crippen LogP contribution in [0.5, 0.6) is 0 Å². The number of benzene rings is 5. The van der Waals surface area contributed by atoms with E-state index in [4.69, 9.17) is 14.2 Å². The molecule has 0 radical (unpaired) electrons. The van der Waals surface area contributed by atoms with Gasteiger partial charge in [0.15, 0.2) is 6.29 Å². The summed E-state index contributed by atoms with van der Waals surface area (Å²) < 4.78 is 18.3.